The van der Waals surface area contributed by atoms with E-state index in [1.165, 1.54) is 12.1 Å². The molecular formula is C15H13ClF3NO2. The predicted octanol–water partition coefficient (Wildman–Crippen LogP) is 3.46. The van der Waals surface area contributed by atoms with Crippen molar-refractivity contribution in [2.24, 2.45) is 5.92 Å². The molecule has 1 aliphatic rings. The maximum atomic E-state index is 13.4. The third-order valence-corrected chi connectivity index (χ3v) is 3.36. The van der Waals surface area contributed by atoms with Gasteiger partial charge in [-0.1, -0.05) is 23.4 Å². The summed E-state index contributed by atoms with van der Waals surface area (Å²) in [7, 11) is 0. The molecule has 1 amide bonds. The smallest absolute Gasteiger partial charge is 0.366 e. The number of aliphatic hydroxyl groups is 1. The van der Waals surface area contributed by atoms with Gasteiger partial charge in [-0.15, -0.1) is 0 Å². The van der Waals surface area contributed by atoms with Crippen LogP contribution in [0.4, 0.5) is 18.9 Å². The van der Waals surface area contributed by atoms with Crippen molar-refractivity contribution in [2.45, 2.75) is 31.5 Å². The minimum atomic E-state index is -5.03. The minimum Gasteiger partial charge on any atom is -0.366 e. The van der Waals surface area contributed by atoms with Gasteiger partial charge in [0.1, 0.15) is 0 Å². The topological polar surface area (TPSA) is 49.3 Å². The number of carbonyl (C=O) groups excluding carboxylic acids is 1. The lowest BCUT2D eigenvalue weighted by Crippen LogP contribution is -2.41. The Morgan fingerprint density at radius 1 is 1.41 bits per heavy atom. The Morgan fingerprint density at radius 3 is 2.55 bits per heavy atom. The van der Waals surface area contributed by atoms with Crippen molar-refractivity contribution in [3.8, 4) is 11.8 Å². The summed E-state index contributed by atoms with van der Waals surface area (Å²) in [5.41, 5.74) is -4.16. The second kappa shape index (κ2) is 5.82. The quantitative estimate of drug-likeness (QED) is 0.815. The fourth-order valence-corrected chi connectivity index (χ4v) is 2.01. The van der Waals surface area contributed by atoms with Crippen LogP contribution >= 0.6 is 11.6 Å². The molecule has 0 saturated heterocycles. The van der Waals surface area contributed by atoms with E-state index < -0.39 is 23.2 Å². The van der Waals surface area contributed by atoms with Crippen LogP contribution in [0.1, 0.15) is 25.3 Å². The van der Waals surface area contributed by atoms with E-state index in [1.54, 1.807) is 0 Å². The van der Waals surface area contributed by atoms with Gasteiger partial charge < -0.3 is 10.4 Å². The molecule has 2 rings (SSSR count). The van der Waals surface area contributed by atoms with Crippen molar-refractivity contribution >= 4 is 23.2 Å². The molecular weight excluding hydrogens is 319 g/mol. The molecule has 0 aromatic heterocycles. The molecule has 1 aliphatic carbocycles. The summed E-state index contributed by atoms with van der Waals surface area (Å²) < 4.78 is 40.2. The number of carbonyl (C=O) groups is 1. The first-order valence-corrected chi connectivity index (χ1v) is 6.90. The zero-order valence-electron chi connectivity index (χ0n) is 11.6. The van der Waals surface area contributed by atoms with Gasteiger partial charge in [0, 0.05) is 29.1 Å². The fourth-order valence-electron chi connectivity index (χ4n) is 1.84. The lowest BCUT2D eigenvalue weighted by atomic mass is 9.91. The second-order valence-corrected chi connectivity index (χ2v) is 5.56. The molecule has 1 fully saturated rings. The van der Waals surface area contributed by atoms with Gasteiger partial charge in [-0.25, -0.2) is 0 Å². The number of hydrogen-bond donors (Lipinski definition) is 2. The molecule has 1 saturated carbocycles. The number of nitrogens with one attached hydrogen (secondary N) is 1. The average molecular weight is 332 g/mol. The largest absolute Gasteiger partial charge is 0.433 e. The highest BCUT2D eigenvalue weighted by atomic mass is 35.5. The number of halogens is 4. The Labute approximate surface area is 130 Å². The van der Waals surface area contributed by atoms with E-state index in [0.717, 1.165) is 25.8 Å². The number of anilines is 1. The van der Waals surface area contributed by atoms with E-state index in [4.69, 9.17) is 11.6 Å². The maximum Gasteiger partial charge on any atom is 0.433 e. The molecule has 0 bridgehead atoms. The first-order chi connectivity index (χ1) is 10.1. The van der Waals surface area contributed by atoms with Crippen molar-refractivity contribution in [2.75, 3.05) is 5.32 Å². The van der Waals surface area contributed by atoms with E-state index in [0.29, 0.717) is 0 Å². The van der Waals surface area contributed by atoms with Crippen LogP contribution in [-0.2, 0) is 10.4 Å². The van der Waals surface area contributed by atoms with Crippen LogP contribution in [-0.4, -0.2) is 17.2 Å². The van der Waals surface area contributed by atoms with E-state index >= 15 is 0 Å². The Bertz CT molecular complexity index is 659. The van der Waals surface area contributed by atoms with Crippen LogP contribution < -0.4 is 5.32 Å². The standard InChI is InChI=1S/C15H13ClF3NO2/c1-9(21)20-13-5-4-11(16)8-12(13)14(22,15(17,18)19)7-6-10-2-3-10/h4-5,8,10,22H,2-3H2,1H3,(H,20,21)/t14-/m0/s1. The highest BCUT2D eigenvalue weighted by Crippen LogP contribution is 2.43. The predicted molar refractivity (Wildman–Crippen MR) is 76.2 cm³/mol. The number of rotatable bonds is 2. The Kier molecular flexibility index (Phi) is 4.41. The van der Waals surface area contributed by atoms with E-state index in [-0.39, 0.29) is 16.6 Å². The number of amides is 1. The van der Waals surface area contributed by atoms with Crippen molar-refractivity contribution in [1.29, 1.82) is 0 Å². The number of hydrogen-bond acceptors (Lipinski definition) is 2. The molecule has 3 nitrogen and oxygen atoms in total. The van der Waals surface area contributed by atoms with Crippen LogP contribution in [0, 0.1) is 17.8 Å². The molecule has 0 radical (unpaired) electrons. The van der Waals surface area contributed by atoms with Gasteiger partial charge in [0.2, 0.25) is 11.5 Å². The van der Waals surface area contributed by atoms with E-state index in [1.807, 2.05) is 5.92 Å². The molecule has 1 atom stereocenters. The van der Waals surface area contributed by atoms with Gasteiger partial charge in [-0.2, -0.15) is 13.2 Å². The normalized spacial score (nSPS) is 17.2. The first kappa shape index (κ1) is 16.7. The molecule has 1 aromatic carbocycles. The molecule has 118 valence electrons. The first-order valence-electron chi connectivity index (χ1n) is 6.53. The van der Waals surface area contributed by atoms with Crippen LogP contribution in [0.5, 0.6) is 0 Å². The molecule has 0 unspecified atom stereocenters. The summed E-state index contributed by atoms with van der Waals surface area (Å²) in [4.78, 5) is 11.2. The van der Waals surface area contributed by atoms with Gasteiger partial charge >= 0.3 is 6.18 Å². The highest BCUT2D eigenvalue weighted by molar-refractivity contribution is 6.30. The third kappa shape index (κ3) is 3.54. The van der Waals surface area contributed by atoms with E-state index in [2.05, 4.69) is 11.2 Å². The maximum absolute atomic E-state index is 13.4. The van der Waals surface area contributed by atoms with Crippen molar-refractivity contribution in [3.63, 3.8) is 0 Å². The fraction of sp³-hybridized carbons (Fsp3) is 0.400. The Hall–Kier alpha value is -1.71. The van der Waals surface area contributed by atoms with Gasteiger partial charge in [-0.3, -0.25) is 4.79 Å². The summed E-state index contributed by atoms with van der Waals surface area (Å²) in [6.07, 6.45) is -3.60. The molecule has 0 aliphatic heterocycles. The van der Waals surface area contributed by atoms with Crippen molar-refractivity contribution < 1.29 is 23.1 Å². The zero-order chi connectivity index (χ0) is 16.5. The number of benzene rings is 1. The van der Waals surface area contributed by atoms with Gasteiger partial charge in [0.05, 0.1) is 0 Å². The summed E-state index contributed by atoms with van der Waals surface area (Å²) in [6.45, 7) is 1.15. The van der Waals surface area contributed by atoms with Gasteiger partial charge in [0.15, 0.2) is 0 Å². The monoisotopic (exact) mass is 331 g/mol. The van der Waals surface area contributed by atoms with Crippen LogP contribution in [0.25, 0.3) is 0 Å². The summed E-state index contributed by atoms with van der Waals surface area (Å²) >= 11 is 5.75. The summed E-state index contributed by atoms with van der Waals surface area (Å²) in [6, 6.07) is 3.48. The van der Waals surface area contributed by atoms with Crippen LogP contribution in [0.3, 0.4) is 0 Å². The summed E-state index contributed by atoms with van der Waals surface area (Å²) in [5.74, 6) is 3.66. The SMILES string of the molecule is CC(=O)Nc1ccc(Cl)cc1[C@@](O)(C#CC1CC1)C(F)(F)F. The minimum absolute atomic E-state index is 0.000000945. The van der Waals surface area contributed by atoms with Crippen LogP contribution in [0.2, 0.25) is 5.02 Å². The van der Waals surface area contributed by atoms with Crippen molar-refractivity contribution in [1.82, 2.24) is 0 Å². The lowest BCUT2D eigenvalue weighted by Gasteiger charge is -2.28. The molecule has 2 N–H and O–H groups in total. The van der Waals surface area contributed by atoms with E-state index in [9.17, 15) is 23.1 Å². The van der Waals surface area contributed by atoms with Gasteiger partial charge in [-0.05, 0) is 31.0 Å². The zero-order valence-corrected chi connectivity index (χ0v) is 12.3. The molecule has 0 heterocycles. The third-order valence-electron chi connectivity index (χ3n) is 3.13. The molecule has 1 aromatic rings. The van der Waals surface area contributed by atoms with Crippen LogP contribution in [0.15, 0.2) is 18.2 Å². The molecule has 7 heteroatoms. The van der Waals surface area contributed by atoms with Gasteiger partial charge in [0.25, 0.3) is 0 Å². The average Bonchev–Trinajstić information content (AvgIpc) is 3.20. The number of alkyl halides is 3. The molecule has 0 spiro atoms. The lowest BCUT2D eigenvalue weighted by molar-refractivity contribution is -0.240. The second-order valence-electron chi connectivity index (χ2n) is 5.12. The highest BCUT2D eigenvalue weighted by Gasteiger charge is 2.55. The van der Waals surface area contributed by atoms with Crippen molar-refractivity contribution in [3.05, 3.63) is 28.8 Å². The molecule has 22 heavy (non-hydrogen) atoms. The Balaban J connectivity index is 2.58. The Morgan fingerprint density at radius 2 is 2.05 bits per heavy atom. The summed E-state index contributed by atoms with van der Waals surface area (Å²) in [5, 5.41) is 12.5.